The number of thiazole rings is 1. The third-order valence-corrected chi connectivity index (χ3v) is 3.76. The molecule has 2 aromatic rings. The molecule has 1 heterocycles. The predicted molar refractivity (Wildman–Crippen MR) is 77.5 cm³/mol. The zero-order valence-corrected chi connectivity index (χ0v) is 11.6. The van der Waals surface area contributed by atoms with Gasteiger partial charge in [-0.2, -0.15) is 0 Å². The van der Waals surface area contributed by atoms with Crippen molar-refractivity contribution in [1.82, 2.24) is 10.3 Å². The summed E-state index contributed by atoms with van der Waals surface area (Å²) >= 11 is 1.54. The molecule has 0 unspecified atom stereocenters. The molecule has 0 aliphatic rings. The lowest BCUT2D eigenvalue weighted by molar-refractivity contribution is 0.0953. The molecule has 19 heavy (non-hydrogen) atoms. The molecule has 0 fully saturated rings. The second-order valence-electron chi connectivity index (χ2n) is 4.43. The molecule has 0 atom stereocenters. The highest BCUT2D eigenvalue weighted by molar-refractivity contribution is 7.16. The van der Waals surface area contributed by atoms with Crippen LogP contribution in [0.15, 0.2) is 23.7 Å². The van der Waals surface area contributed by atoms with Gasteiger partial charge < -0.3 is 10.4 Å². The van der Waals surface area contributed by atoms with Gasteiger partial charge in [-0.15, -0.1) is 11.3 Å². The molecule has 0 bridgehead atoms. The predicted octanol–water partition coefficient (Wildman–Crippen LogP) is 2.58. The molecule has 0 aliphatic carbocycles. The molecule has 0 saturated carbocycles. The molecular weight excluding hydrogens is 260 g/mol. The number of fused-ring (bicyclic) bond motifs is 1. The van der Waals surface area contributed by atoms with Crippen molar-refractivity contribution in [3.8, 4) is 0 Å². The molecule has 1 amide bonds. The van der Waals surface area contributed by atoms with Crippen LogP contribution in [0.2, 0.25) is 0 Å². The largest absolute Gasteiger partial charge is 0.396 e. The molecule has 1 aromatic carbocycles. The summed E-state index contributed by atoms with van der Waals surface area (Å²) in [5.74, 6) is -0.0301. The summed E-state index contributed by atoms with van der Waals surface area (Å²) in [4.78, 5) is 16.1. The summed E-state index contributed by atoms with van der Waals surface area (Å²) in [6.07, 6.45) is 3.85. The third-order valence-electron chi connectivity index (χ3n) is 2.96. The zero-order chi connectivity index (χ0) is 13.5. The van der Waals surface area contributed by atoms with Crippen molar-refractivity contribution in [2.45, 2.75) is 25.7 Å². The molecule has 0 spiro atoms. The maximum atomic E-state index is 11.9. The smallest absolute Gasteiger partial charge is 0.251 e. The van der Waals surface area contributed by atoms with Crippen LogP contribution in [0, 0.1) is 0 Å². The summed E-state index contributed by atoms with van der Waals surface area (Å²) in [5.41, 5.74) is 3.41. The van der Waals surface area contributed by atoms with Crippen molar-refractivity contribution < 1.29 is 9.90 Å². The number of unbranched alkanes of at least 4 members (excludes halogenated alkanes) is 3. The molecule has 1 aromatic heterocycles. The quantitative estimate of drug-likeness (QED) is 0.765. The van der Waals surface area contributed by atoms with E-state index in [1.807, 2.05) is 18.2 Å². The highest BCUT2D eigenvalue weighted by atomic mass is 32.1. The molecule has 2 N–H and O–H groups in total. The second kappa shape index (κ2) is 7.21. The van der Waals surface area contributed by atoms with Crippen LogP contribution in [0.1, 0.15) is 36.0 Å². The number of nitrogens with one attached hydrogen (secondary N) is 1. The van der Waals surface area contributed by atoms with Gasteiger partial charge in [0.1, 0.15) is 0 Å². The topological polar surface area (TPSA) is 62.2 Å². The van der Waals surface area contributed by atoms with Crippen LogP contribution >= 0.6 is 11.3 Å². The number of nitrogens with zero attached hydrogens (tertiary/aromatic N) is 1. The highest BCUT2D eigenvalue weighted by Crippen LogP contribution is 2.18. The van der Waals surface area contributed by atoms with Gasteiger partial charge in [-0.1, -0.05) is 12.8 Å². The SMILES string of the molecule is O=C(NCCCCCCO)c1ccc2ncsc2c1. The number of carbonyl (C=O) groups is 1. The van der Waals surface area contributed by atoms with Gasteiger partial charge in [0.2, 0.25) is 0 Å². The van der Waals surface area contributed by atoms with Gasteiger partial charge >= 0.3 is 0 Å². The van der Waals surface area contributed by atoms with Crippen molar-refractivity contribution >= 4 is 27.5 Å². The van der Waals surface area contributed by atoms with Gasteiger partial charge in [-0.05, 0) is 31.0 Å². The summed E-state index contributed by atoms with van der Waals surface area (Å²) in [6, 6.07) is 5.57. The van der Waals surface area contributed by atoms with E-state index in [1.165, 1.54) is 0 Å². The lowest BCUT2D eigenvalue weighted by Crippen LogP contribution is -2.24. The Morgan fingerprint density at radius 2 is 2.11 bits per heavy atom. The van der Waals surface area contributed by atoms with E-state index in [0.717, 1.165) is 35.9 Å². The van der Waals surface area contributed by atoms with E-state index in [-0.39, 0.29) is 12.5 Å². The minimum atomic E-state index is -0.0301. The summed E-state index contributed by atoms with van der Waals surface area (Å²) in [5, 5.41) is 11.6. The minimum Gasteiger partial charge on any atom is -0.396 e. The van der Waals surface area contributed by atoms with Crippen molar-refractivity contribution in [1.29, 1.82) is 0 Å². The molecule has 0 saturated heterocycles. The first-order valence-corrected chi connectivity index (χ1v) is 7.41. The minimum absolute atomic E-state index is 0.0301. The van der Waals surface area contributed by atoms with E-state index < -0.39 is 0 Å². The molecule has 2 rings (SSSR count). The highest BCUT2D eigenvalue weighted by Gasteiger charge is 2.06. The van der Waals surface area contributed by atoms with Crippen molar-refractivity contribution in [3.63, 3.8) is 0 Å². The summed E-state index contributed by atoms with van der Waals surface area (Å²) < 4.78 is 1.04. The van der Waals surface area contributed by atoms with Gasteiger partial charge in [0.15, 0.2) is 0 Å². The van der Waals surface area contributed by atoms with Crippen LogP contribution in [-0.2, 0) is 0 Å². The van der Waals surface area contributed by atoms with Gasteiger partial charge in [-0.25, -0.2) is 4.98 Å². The van der Waals surface area contributed by atoms with Gasteiger partial charge in [0.05, 0.1) is 15.7 Å². The average Bonchev–Trinajstić information content (AvgIpc) is 2.89. The number of rotatable bonds is 7. The first-order valence-electron chi connectivity index (χ1n) is 6.53. The normalized spacial score (nSPS) is 10.8. The van der Waals surface area contributed by atoms with E-state index in [9.17, 15) is 4.79 Å². The number of aliphatic hydroxyl groups excluding tert-OH is 1. The summed E-state index contributed by atoms with van der Waals surface area (Å²) in [6.45, 7) is 0.937. The summed E-state index contributed by atoms with van der Waals surface area (Å²) in [7, 11) is 0. The van der Waals surface area contributed by atoms with Gasteiger partial charge in [-0.3, -0.25) is 4.79 Å². The van der Waals surface area contributed by atoms with Gasteiger partial charge in [0.25, 0.3) is 5.91 Å². The Morgan fingerprint density at radius 3 is 2.95 bits per heavy atom. The Bertz CT molecular complexity index is 539. The Hall–Kier alpha value is -1.46. The molecule has 4 nitrogen and oxygen atoms in total. The fourth-order valence-electron chi connectivity index (χ4n) is 1.89. The van der Waals surface area contributed by atoms with Gasteiger partial charge in [0, 0.05) is 18.7 Å². The Kier molecular flexibility index (Phi) is 5.30. The standard InChI is InChI=1S/C14H18N2O2S/c17-8-4-2-1-3-7-15-14(18)11-5-6-12-13(9-11)19-10-16-12/h5-6,9-10,17H,1-4,7-8H2,(H,15,18). The third kappa shape index (κ3) is 4.01. The fourth-order valence-corrected chi connectivity index (χ4v) is 2.61. The number of aromatic nitrogens is 1. The molecular formula is C14H18N2O2S. The van der Waals surface area contributed by atoms with E-state index in [2.05, 4.69) is 10.3 Å². The van der Waals surface area contributed by atoms with E-state index in [1.54, 1.807) is 16.8 Å². The molecule has 0 aliphatic heterocycles. The van der Waals surface area contributed by atoms with Crippen LogP contribution in [0.25, 0.3) is 10.2 Å². The van der Waals surface area contributed by atoms with Crippen LogP contribution in [-0.4, -0.2) is 29.1 Å². The van der Waals surface area contributed by atoms with Crippen LogP contribution in [0.5, 0.6) is 0 Å². The second-order valence-corrected chi connectivity index (χ2v) is 5.31. The van der Waals surface area contributed by atoms with E-state index >= 15 is 0 Å². The molecule has 5 heteroatoms. The first kappa shape index (κ1) is 14.0. The number of carbonyl (C=O) groups excluding carboxylic acids is 1. The van der Waals surface area contributed by atoms with Crippen LogP contribution in [0.4, 0.5) is 0 Å². The maximum absolute atomic E-state index is 11.9. The molecule has 0 radical (unpaired) electrons. The van der Waals surface area contributed by atoms with Crippen molar-refractivity contribution in [3.05, 3.63) is 29.3 Å². The van der Waals surface area contributed by atoms with E-state index in [0.29, 0.717) is 12.1 Å². The number of hydrogen-bond donors (Lipinski definition) is 2. The van der Waals surface area contributed by atoms with Crippen LogP contribution in [0.3, 0.4) is 0 Å². The lowest BCUT2D eigenvalue weighted by Gasteiger charge is -2.05. The van der Waals surface area contributed by atoms with Crippen molar-refractivity contribution in [2.24, 2.45) is 0 Å². The fraction of sp³-hybridized carbons (Fsp3) is 0.429. The lowest BCUT2D eigenvalue weighted by atomic mass is 10.2. The number of aliphatic hydroxyl groups is 1. The zero-order valence-electron chi connectivity index (χ0n) is 10.8. The monoisotopic (exact) mass is 278 g/mol. The average molecular weight is 278 g/mol. The first-order chi connectivity index (χ1) is 9.31. The van der Waals surface area contributed by atoms with Crippen LogP contribution < -0.4 is 5.32 Å². The Balaban J connectivity index is 1.79. The van der Waals surface area contributed by atoms with E-state index in [4.69, 9.17) is 5.11 Å². The number of amides is 1. The number of benzene rings is 1. The maximum Gasteiger partial charge on any atom is 0.251 e. The number of hydrogen-bond acceptors (Lipinski definition) is 4. The Labute approximate surface area is 116 Å². The van der Waals surface area contributed by atoms with Crippen molar-refractivity contribution in [2.75, 3.05) is 13.2 Å². The molecule has 102 valence electrons. The Morgan fingerprint density at radius 1 is 1.26 bits per heavy atom.